The van der Waals surface area contributed by atoms with Crippen molar-refractivity contribution in [1.82, 2.24) is 0 Å². The van der Waals surface area contributed by atoms with Crippen LogP contribution in [0.4, 0.5) is 10.1 Å². The van der Waals surface area contributed by atoms with Crippen LogP contribution in [0.15, 0.2) is 48.5 Å². The second-order valence-electron chi connectivity index (χ2n) is 6.43. The van der Waals surface area contributed by atoms with Gasteiger partial charge in [-0.2, -0.15) is 0 Å². The third-order valence-corrected chi connectivity index (χ3v) is 4.73. The Morgan fingerprint density at radius 2 is 1.81 bits per heavy atom. The fourth-order valence-corrected chi connectivity index (χ4v) is 3.28. The van der Waals surface area contributed by atoms with E-state index in [1.807, 2.05) is 0 Å². The normalized spacial score (nSPS) is 16.0. The van der Waals surface area contributed by atoms with E-state index in [0.717, 1.165) is 0 Å². The van der Waals surface area contributed by atoms with Gasteiger partial charge in [0, 0.05) is 18.9 Å². The van der Waals surface area contributed by atoms with Gasteiger partial charge in [0.05, 0.1) is 11.8 Å². The molecule has 136 valence electrons. The van der Waals surface area contributed by atoms with E-state index in [0.29, 0.717) is 42.9 Å². The first kappa shape index (κ1) is 18.1. The molecule has 0 radical (unpaired) electrons. The first-order chi connectivity index (χ1) is 12.5. The summed E-state index contributed by atoms with van der Waals surface area (Å²) in [6, 6.07) is 12.8. The lowest BCUT2D eigenvalue weighted by atomic mass is 9.73. The minimum atomic E-state index is -0.908. The summed E-state index contributed by atoms with van der Waals surface area (Å²) in [7, 11) is 0. The topological polar surface area (TPSA) is 75.6 Å². The molecule has 5 nitrogen and oxygen atoms in total. The van der Waals surface area contributed by atoms with Gasteiger partial charge >= 0.3 is 5.97 Å². The summed E-state index contributed by atoms with van der Waals surface area (Å²) in [6.45, 7) is 0.864. The molecule has 0 aliphatic carbocycles. The third-order valence-electron chi connectivity index (χ3n) is 4.73. The van der Waals surface area contributed by atoms with Crippen LogP contribution in [0, 0.1) is 5.82 Å². The number of carbonyl (C=O) groups excluding carboxylic acids is 1. The van der Waals surface area contributed by atoms with Gasteiger partial charge in [-0.1, -0.05) is 24.3 Å². The fourth-order valence-electron chi connectivity index (χ4n) is 3.28. The zero-order valence-corrected chi connectivity index (χ0v) is 14.2. The number of nitrogens with one attached hydrogen (secondary N) is 1. The van der Waals surface area contributed by atoms with Gasteiger partial charge in [0.25, 0.3) is 0 Å². The number of benzene rings is 2. The van der Waals surface area contributed by atoms with Gasteiger partial charge in [-0.05, 0) is 48.2 Å². The molecule has 2 N–H and O–H groups in total. The van der Waals surface area contributed by atoms with E-state index in [-0.39, 0.29) is 18.1 Å². The van der Waals surface area contributed by atoms with Crippen LogP contribution in [0.1, 0.15) is 24.0 Å². The van der Waals surface area contributed by atoms with Gasteiger partial charge in [0.2, 0.25) is 5.91 Å². The van der Waals surface area contributed by atoms with Crippen LogP contribution in [0.5, 0.6) is 0 Å². The molecule has 0 atom stereocenters. The van der Waals surface area contributed by atoms with Crippen molar-refractivity contribution < 1.29 is 23.8 Å². The maximum Gasteiger partial charge on any atom is 0.307 e. The molecule has 1 aliphatic heterocycles. The Balaban J connectivity index is 1.83. The standard InChI is InChI=1S/C20H20FNO4/c21-16-3-1-2-15(13-16)20(8-10-26-11-9-20)19(25)22-17-6-4-14(5-7-17)12-18(23)24/h1-7,13H,8-12H2,(H,22,25)(H,23,24). The van der Waals surface area contributed by atoms with Crippen LogP contribution in [0.25, 0.3) is 0 Å². The summed E-state index contributed by atoms with van der Waals surface area (Å²) in [5, 5.41) is 11.7. The molecule has 1 amide bonds. The number of carboxylic acids is 1. The Hall–Kier alpha value is -2.73. The second kappa shape index (κ2) is 7.66. The van der Waals surface area contributed by atoms with Crippen molar-refractivity contribution in [1.29, 1.82) is 0 Å². The van der Waals surface area contributed by atoms with E-state index in [4.69, 9.17) is 9.84 Å². The molecule has 1 saturated heterocycles. The highest BCUT2D eigenvalue weighted by molar-refractivity contribution is 5.99. The Morgan fingerprint density at radius 1 is 1.12 bits per heavy atom. The molecule has 0 aromatic heterocycles. The predicted octanol–water partition coefficient (Wildman–Crippen LogP) is 3.14. The van der Waals surface area contributed by atoms with Gasteiger partial charge in [-0.15, -0.1) is 0 Å². The summed E-state index contributed by atoms with van der Waals surface area (Å²) < 4.78 is 19.1. The lowest BCUT2D eigenvalue weighted by molar-refractivity contribution is -0.136. The Bertz CT molecular complexity index is 798. The molecule has 1 aliphatic rings. The van der Waals surface area contributed by atoms with E-state index >= 15 is 0 Å². The van der Waals surface area contributed by atoms with E-state index in [1.165, 1.54) is 12.1 Å². The van der Waals surface area contributed by atoms with Crippen molar-refractivity contribution in [2.75, 3.05) is 18.5 Å². The maximum atomic E-state index is 13.7. The lowest BCUT2D eigenvalue weighted by Crippen LogP contribution is -2.44. The molecule has 1 heterocycles. The number of amides is 1. The molecule has 0 saturated carbocycles. The van der Waals surface area contributed by atoms with Gasteiger partial charge < -0.3 is 15.2 Å². The summed E-state index contributed by atoms with van der Waals surface area (Å²) >= 11 is 0. The number of carbonyl (C=O) groups is 2. The summed E-state index contributed by atoms with van der Waals surface area (Å²) in [6.07, 6.45) is 0.873. The summed E-state index contributed by atoms with van der Waals surface area (Å²) in [5.41, 5.74) is 1.02. The number of rotatable bonds is 5. The smallest absolute Gasteiger partial charge is 0.307 e. The number of hydrogen-bond donors (Lipinski definition) is 2. The van der Waals surface area contributed by atoms with Gasteiger partial charge in [0.15, 0.2) is 0 Å². The zero-order chi connectivity index (χ0) is 18.6. The number of hydrogen-bond acceptors (Lipinski definition) is 3. The monoisotopic (exact) mass is 357 g/mol. The number of halogens is 1. The van der Waals surface area contributed by atoms with Crippen molar-refractivity contribution in [2.45, 2.75) is 24.7 Å². The average Bonchev–Trinajstić information content (AvgIpc) is 2.63. The van der Waals surface area contributed by atoms with Crippen molar-refractivity contribution >= 4 is 17.6 Å². The number of carboxylic acid groups (broad SMARTS) is 1. The van der Waals surface area contributed by atoms with E-state index in [9.17, 15) is 14.0 Å². The number of anilines is 1. The first-order valence-corrected chi connectivity index (χ1v) is 8.46. The highest BCUT2D eigenvalue weighted by Gasteiger charge is 2.42. The Kier molecular flexibility index (Phi) is 5.32. The van der Waals surface area contributed by atoms with E-state index < -0.39 is 11.4 Å². The molecule has 0 spiro atoms. The number of ether oxygens (including phenoxy) is 1. The van der Waals surface area contributed by atoms with Gasteiger partial charge in [-0.3, -0.25) is 9.59 Å². The Labute approximate surface area is 150 Å². The minimum absolute atomic E-state index is 0.0706. The van der Waals surface area contributed by atoms with Gasteiger partial charge in [0.1, 0.15) is 5.82 Å². The van der Waals surface area contributed by atoms with Crippen LogP contribution in [-0.4, -0.2) is 30.2 Å². The maximum absolute atomic E-state index is 13.7. The van der Waals surface area contributed by atoms with Crippen LogP contribution >= 0.6 is 0 Å². The molecular weight excluding hydrogens is 337 g/mol. The van der Waals surface area contributed by atoms with Crippen molar-refractivity contribution in [2.24, 2.45) is 0 Å². The molecule has 2 aromatic rings. The van der Waals surface area contributed by atoms with Crippen LogP contribution < -0.4 is 5.32 Å². The number of aliphatic carboxylic acids is 1. The SMILES string of the molecule is O=C(O)Cc1ccc(NC(=O)C2(c3cccc(F)c3)CCOCC2)cc1. The van der Waals surface area contributed by atoms with E-state index in [2.05, 4.69) is 5.32 Å². The van der Waals surface area contributed by atoms with Crippen molar-refractivity contribution in [3.8, 4) is 0 Å². The zero-order valence-electron chi connectivity index (χ0n) is 14.2. The van der Waals surface area contributed by atoms with Gasteiger partial charge in [-0.25, -0.2) is 4.39 Å². The largest absolute Gasteiger partial charge is 0.481 e. The molecule has 6 heteroatoms. The molecule has 1 fully saturated rings. The molecule has 3 rings (SSSR count). The van der Waals surface area contributed by atoms with Crippen LogP contribution in [0.2, 0.25) is 0 Å². The van der Waals surface area contributed by atoms with Crippen molar-refractivity contribution in [3.05, 3.63) is 65.5 Å². The van der Waals surface area contributed by atoms with Crippen molar-refractivity contribution in [3.63, 3.8) is 0 Å². The average molecular weight is 357 g/mol. The van der Waals surface area contributed by atoms with Crippen LogP contribution in [0.3, 0.4) is 0 Å². The first-order valence-electron chi connectivity index (χ1n) is 8.46. The van der Waals surface area contributed by atoms with Crippen LogP contribution in [-0.2, 0) is 26.2 Å². The summed E-state index contributed by atoms with van der Waals surface area (Å²) in [4.78, 5) is 23.8. The molecule has 2 aromatic carbocycles. The molecule has 26 heavy (non-hydrogen) atoms. The quantitative estimate of drug-likeness (QED) is 0.862. The molecule has 0 unspecified atom stereocenters. The highest BCUT2D eigenvalue weighted by atomic mass is 19.1. The highest BCUT2D eigenvalue weighted by Crippen LogP contribution is 2.36. The fraction of sp³-hybridized carbons (Fsp3) is 0.300. The molecule has 0 bridgehead atoms. The Morgan fingerprint density at radius 3 is 2.42 bits per heavy atom. The third kappa shape index (κ3) is 3.91. The van der Waals surface area contributed by atoms with E-state index in [1.54, 1.807) is 36.4 Å². The molecular formula is C20H20FNO4. The predicted molar refractivity (Wildman–Crippen MR) is 94.5 cm³/mol. The lowest BCUT2D eigenvalue weighted by Gasteiger charge is -2.36. The second-order valence-corrected chi connectivity index (χ2v) is 6.43. The summed E-state index contributed by atoms with van der Waals surface area (Å²) in [5.74, 6) is -1.49. The minimum Gasteiger partial charge on any atom is -0.481 e.